The second-order valence-electron chi connectivity index (χ2n) is 11.0. The number of halogens is 2. The number of carbonyl (C=O) groups excluding carboxylic acids is 2. The molecule has 2 aromatic heterocycles. The monoisotopic (exact) mass is 864 g/mol. The Kier molecular flexibility index (Phi) is 20.0. The molecule has 0 spiro atoms. The molecule has 0 fully saturated rings. The van der Waals surface area contributed by atoms with Gasteiger partial charge in [-0.05, 0) is 87.4 Å². The van der Waals surface area contributed by atoms with E-state index in [-0.39, 0.29) is 23.1 Å². The predicted octanol–water partition coefficient (Wildman–Crippen LogP) is 4.39. The third-order valence-electron chi connectivity index (χ3n) is 7.72. The minimum atomic E-state index is -2.23. The van der Waals surface area contributed by atoms with E-state index < -0.39 is 19.3 Å². The van der Waals surface area contributed by atoms with Crippen LogP contribution < -0.4 is 29.2 Å². The fourth-order valence-electron chi connectivity index (χ4n) is 5.54. The van der Waals surface area contributed by atoms with Crippen LogP contribution in [0.3, 0.4) is 0 Å². The zero-order valence-corrected chi connectivity index (χ0v) is 33.3. The summed E-state index contributed by atoms with van der Waals surface area (Å²) in [5.74, 6) is -0.841. The van der Waals surface area contributed by atoms with Crippen molar-refractivity contribution in [3.8, 4) is 0 Å². The van der Waals surface area contributed by atoms with Crippen LogP contribution in [-0.4, -0.2) is 50.1 Å². The van der Waals surface area contributed by atoms with E-state index in [4.69, 9.17) is 23.8 Å². The van der Waals surface area contributed by atoms with Gasteiger partial charge in [0, 0.05) is 45.7 Å². The van der Waals surface area contributed by atoms with Gasteiger partial charge < -0.3 is 24.2 Å². The highest BCUT2D eigenvalue weighted by Gasteiger charge is 2.35. The molecule has 0 aliphatic carbocycles. The number of pyridine rings is 2. The maximum absolute atomic E-state index is 11.4. The average molecular weight is 866 g/mol. The van der Waals surface area contributed by atoms with Gasteiger partial charge in [-0.3, -0.25) is 9.68 Å². The van der Waals surface area contributed by atoms with Gasteiger partial charge in [-0.2, -0.15) is 0 Å². The highest BCUT2D eigenvalue weighted by molar-refractivity contribution is 9.09. The van der Waals surface area contributed by atoms with Gasteiger partial charge in [0.05, 0.1) is 7.32 Å². The maximum Gasteiger partial charge on any atom is 0.409 e. The lowest BCUT2D eigenvalue weighted by molar-refractivity contribution is -0.892. The number of rotatable bonds is 16. The van der Waals surface area contributed by atoms with Gasteiger partial charge >= 0.3 is 23.3 Å². The van der Waals surface area contributed by atoms with Crippen molar-refractivity contribution in [3.05, 3.63) is 168 Å². The van der Waals surface area contributed by atoms with Gasteiger partial charge in [-0.15, -0.1) is 0 Å². The summed E-state index contributed by atoms with van der Waals surface area (Å²) in [6, 6.07) is 41.4. The van der Waals surface area contributed by atoms with E-state index in [9.17, 15) is 19.6 Å². The molecular weight excluding hydrogens is 823 g/mol. The topological polar surface area (TPSA) is 134 Å². The summed E-state index contributed by atoms with van der Waals surface area (Å²) in [5.41, 5.74) is 4.26. The summed E-state index contributed by atoms with van der Waals surface area (Å²) in [5, 5.41) is 21.4. The first-order valence-corrected chi connectivity index (χ1v) is 19.4. The van der Waals surface area contributed by atoms with Crippen molar-refractivity contribution in [1.82, 2.24) is 0 Å². The molecule has 0 amide bonds. The number of benzene rings is 3. The maximum atomic E-state index is 11.4. The Bertz CT molecular complexity index is 1650. The average Bonchev–Trinajstić information content (AvgIpc) is 3.20. The van der Waals surface area contributed by atoms with Crippen molar-refractivity contribution >= 4 is 51.1 Å². The Balaban J connectivity index is 0.000000238. The molecule has 0 aliphatic rings. The lowest BCUT2D eigenvalue weighted by Crippen LogP contribution is -2.48. The summed E-state index contributed by atoms with van der Waals surface area (Å²) in [6.07, 6.45) is 4.67. The van der Waals surface area contributed by atoms with Crippen LogP contribution in [-0.2, 0) is 19.5 Å². The molecule has 0 bridgehead atoms. The second kappa shape index (κ2) is 24.7. The first-order chi connectivity index (χ1) is 26.3. The van der Waals surface area contributed by atoms with E-state index >= 15 is 0 Å². The molecule has 5 rings (SSSR count). The van der Waals surface area contributed by atoms with Crippen molar-refractivity contribution in [2.45, 2.75) is 32.1 Å². The number of hydrogen-bond donors (Lipinski definition) is 0. The molecule has 284 valence electrons. The summed E-state index contributed by atoms with van der Waals surface area (Å²) in [7, 11) is -2.23. The predicted molar refractivity (Wildman–Crippen MR) is 206 cm³/mol. The lowest BCUT2D eigenvalue weighted by atomic mass is 9.67. The zero-order valence-electron chi connectivity index (χ0n) is 30.1. The van der Waals surface area contributed by atoms with E-state index in [1.54, 1.807) is 48.8 Å². The molecule has 0 saturated carbocycles. The number of ether oxygens (including phenoxy) is 2. The molecule has 0 aliphatic heterocycles. The van der Waals surface area contributed by atoms with Crippen LogP contribution in [0.2, 0.25) is 0 Å². The quantitative estimate of drug-likeness (QED) is 0.0354. The van der Waals surface area contributed by atoms with Gasteiger partial charge in [-0.1, -0.05) is 91.0 Å². The summed E-state index contributed by atoms with van der Waals surface area (Å²) >= 11 is 6.04. The summed E-state index contributed by atoms with van der Waals surface area (Å²) in [6.45, 7) is 4.83. The Hall–Kier alpha value is -4.60. The normalized spacial score (nSPS) is 10.4. The van der Waals surface area contributed by atoms with Crippen molar-refractivity contribution in [3.63, 3.8) is 0 Å². The molecule has 0 saturated heterocycles. The third kappa shape index (κ3) is 13.4. The Morgan fingerprint density at radius 1 is 0.611 bits per heavy atom. The number of nitrogens with zero attached hydrogens (tertiary/aromatic N) is 2. The van der Waals surface area contributed by atoms with Gasteiger partial charge in [-0.25, -0.2) is 9.59 Å². The van der Waals surface area contributed by atoms with Crippen LogP contribution >= 0.6 is 31.9 Å². The van der Waals surface area contributed by atoms with Gasteiger partial charge in [0.15, 0.2) is 13.2 Å². The van der Waals surface area contributed by atoms with E-state index in [2.05, 4.69) is 68.3 Å². The largest absolute Gasteiger partial charge is 0.871 e. The number of hydrogen-bond acceptors (Lipinski definition) is 9. The molecule has 54 heavy (non-hydrogen) atoms. The molecule has 11 nitrogen and oxygen atoms in total. The number of aromatic nitrogens is 2. The molecule has 5 aromatic rings. The Labute approximate surface area is 333 Å². The van der Waals surface area contributed by atoms with Crippen LogP contribution in [0.1, 0.15) is 64.4 Å². The molecule has 0 atom stereocenters. The second-order valence-corrected chi connectivity index (χ2v) is 11.9. The first-order valence-electron chi connectivity index (χ1n) is 17.2. The molecular formula is C40H43BBr2N2O9. The molecule has 0 N–H and O–H groups in total. The molecule has 3 aromatic carbocycles. The highest BCUT2D eigenvalue weighted by Crippen LogP contribution is 2.42. The number of carbonyl (C=O) groups is 2. The van der Waals surface area contributed by atoms with Crippen LogP contribution in [0.15, 0.2) is 140 Å². The minimum absolute atomic E-state index is 0.159. The molecule has 14 heteroatoms. The SMILES string of the molecule is CCO[n+]1ccccc1C(=O)OCBr.CCO[n+]1ccccc1C(=O)OCBr.[O-]B([O-])OCCCC(c1ccccc1)(c1ccccc1)c1ccccc1. The van der Waals surface area contributed by atoms with E-state index in [1.165, 1.54) is 26.2 Å². The Morgan fingerprint density at radius 3 is 1.31 bits per heavy atom. The van der Waals surface area contributed by atoms with Gasteiger partial charge in [0.1, 0.15) is 11.0 Å². The smallest absolute Gasteiger partial charge is 0.409 e. The fraction of sp³-hybridized carbons (Fsp3) is 0.250. The van der Waals surface area contributed by atoms with E-state index in [1.807, 2.05) is 68.4 Å². The van der Waals surface area contributed by atoms with Crippen molar-refractivity contribution in [2.24, 2.45) is 0 Å². The minimum Gasteiger partial charge on any atom is -0.871 e. The highest BCUT2D eigenvalue weighted by atomic mass is 79.9. The van der Waals surface area contributed by atoms with Crippen molar-refractivity contribution in [1.29, 1.82) is 0 Å². The molecule has 2 heterocycles. The third-order valence-corrected chi connectivity index (χ3v) is 8.18. The summed E-state index contributed by atoms with van der Waals surface area (Å²) in [4.78, 5) is 33.2. The van der Waals surface area contributed by atoms with Crippen LogP contribution in [0.4, 0.5) is 0 Å². The van der Waals surface area contributed by atoms with Gasteiger partial charge in [0.2, 0.25) is 12.4 Å². The fourth-order valence-corrected chi connectivity index (χ4v) is 5.96. The zero-order chi connectivity index (χ0) is 39.0. The Morgan fingerprint density at radius 2 is 0.981 bits per heavy atom. The van der Waals surface area contributed by atoms with Crippen LogP contribution in [0.5, 0.6) is 0 Å². The number of esters is 2. The molecule has 0 radical (unpaired) electrons. The summed E-state index contributed by atoms with van der Waals surface area (Å²) < 4.78 is 17.1. The van der Waals surface area contributed by atoms with E-state index in [0.717, 1.165) is 6.42 Å². The van der Waals surface area contributed by atoms with Gasteiger partial charge in [0.25, 0.3) is 0 Å². The lowest BCUT2D eigenvalue weighted by Gasteiger charge is -2.37. The number of alkyl halides is 2. The van der Waals surface area contributed by atoms with Crippen LogP contribution in [0.25, 0.3) is 0 Å². The van der Waals surface area contributed by atoms with Crippen molar-refractivity contribution in [2.75, 3.05) is 30.9 Å². The molecule has 0 unspecified atom stereocenters. The van der Waals surface area contributed by atoms with Crippen LogP contribution in [0, 0.1) is 0 Å². The first kappa shape index (κ1) is 43.8. The standard InChI is InChI=1S/C22H21BO3.2C9H11BrNO3/c24-23(25)26-18-10-17-22(19-11-4-1-5-12-19,20-13-6-2-7-14-20)21-15-8-3-9-16-21;2*1-2-14-11-6-4-3-5-8(11)9(12)13-7-10/h1-9,11-16H,10,17-18H2;2*3-6H,2,7H2,1H3/q-2;2*+1. The van der Waals surface area contributed by atoms with Crippen molar-refractivity contribution < 1.29 is 52.9 Å². The van der Waals surface area contributed by atoms with E-state index in [0.29, 0.717) is 31.0 Å².